The summed E-state index contributed by atoms with van der Waals surface area (Å²) in [4.78, 5) is 31.8. The van der Waals surface area contributed by atoms with Crippen LogP contribution in [0.25, 0.3) is 11.0 Å². The van der Waals surface area contributed by atoms with E-state index < -0.39 is 52.2 Å². The van der Waals surface area contributed by atoms with Crippen molar-refractivity contribution in [1.29, 1.82) is 5.26 Å². The van der Waals surface area contributed by atoms with Crippen LogP contribution in [0, 0.1) is 16.7 Å². The number of halogens is 1. The SMILES string of the molecule is N#Cc1nc2c(ccn2[C@@H]2O[C@H](COP(=O)(O)CP(=O)(O)O)[C@@H](O)[C@H]2O)c(NC2CC3(CC3)C2)c1Cl. The smallest absolute Gasteiger partial charge is 0.340 e. The highest BCUT2D eigenvalue weighted by atomic mass is 35.5. The third kappa shape index (κ3) is 4.96. The number of ether oxygens (including phenoxy) is 1. The van der Waals surface area contributed by atoms with E-state index in [1.807, 2.05) is 6.07 Å². The molecule has 1 aliphatic heterocycles. The molecule has 5 atom stereocenters. The molecule has 3 aliphatic rings. The Kier molecular flexibility index (Phi) is 6.54. The number of aromatic nitrogens is 2. The van der Waals surface area contributed by atoms with Gasteiger partial charge in [0, 0.05) is 17.6 Å². The summed E-state index contributed by atoms with van der Waals surface area (Å²) in [5.41, 5.74) is 1.23. The first-order chi connectivity index (χ1) is 16.8. The van der Waals surface area contributed by atoms with Crippen LogP contribution in [-0.4, -0.2) is 71.3 Å². The maximum atomic E-state index is 11.9. The van der Waals surface area contributed by atoms with Crippen molar-refractivity contribution in [3.63, 3.8) is 0 Å². The summed E-state index contributed by atoms with van der Waals surface area (Å²) in [6, 6.07) is 3.87. The predicted octanol–water partition coefficient (Wildman–Crippen LogP) is 1.87. The van der Waals surface area contributed by atoms with Crippen molar-refractivity contribution in [2.45, 2.75) is 56.3 Å². The molecule has 0 radical (unpaired) electrons. The molecule has 0 amide bonds. The fourth-order valence-corrected chi connectivity index (χ4v) is 7.81. The van der Waals surface area contributed by atoms with Gasteiger partial charge in [-0.3, -0.25) is 9.13 Å². The van der Waals surface area contributed by atoms with Crippen molar-refractivity contribution in [2.75, 3.05) is 17.8 Å². The Morgan fingerprint density at radius 1 is 1.28 bits per heavy atom. The quantitative estimate of drug-likeness (QED) is 0.255. The summed E-state index contributed by atoms with van der Waals surface area (Å²) in [6.07, 6.45) is 0.497. The number of fused-ring (bicyclic) bond motifs is 1. The number of aliphatic hydroxyl groups is 2. The minimum Gasteiger partial charge on any atom is -0.387 e. The summed E-state index contributed by atoms with van der Waals surface area (Å²) in [5, 5.41) is 34.8. The lowest BCUT2D eigenvalue weighted by molar-refractivity contribution is -0.0481. The zero-order valence-electron chi connectivity index (χ0n) is 18.8. The van der Waals surface area contributed by atoms with E-state index >= 15 is 0 Å². The number of nitrogens with zero attached hydrogens (tertiary/aromatic N) is 3. The average Bonchev–Trinajstić information content (AvgIpc) is 3.37. The van der Waals surface area contributed by atoms with Crippen LogP contribution in [-0.2, 0) is 18.4 Å². The van der Waals surface area contributed by atoms with Crippen LogP contribution in [0.1, 0.15) is 37.6 Å². The minimum absolute atomic E-state index is 0.0290. The Morgan fingerprint density at radius 2 is 1.97 bits per heavy atom. The van der Waals surface area contributed by atoms with E-state index in [1.165, 1.54) is 17.4 Å². The van der Waals surface area contributed by atoms with Crippen LogP contribution >= 0.6 is 26.8 Å². The first-order valence-electron chi connectivity index (χ1n) is 11.2. The zero-order chi connectivity index (χ0) is 26.0. The number of aliphatic hydroxyl groups excluding tert-OH is 2. The van der Waals surface area contributed by atoms with Crippen molar-refractivity contribution in [3.8, 4) is 6.07 Å². The van der Waals surface area contributed by atoms with E-state index in [0.29, 0.717) is 16.5 Å². The first-order valence-corrected chi connectivity index (χ1v) is 15.1. The van der Waals surface area contributed by atoms with Gasteiger partial charge in [-0.25, -0.2) is 4.98 Å². The molecule has 6 N–H and O–H groups in total. The summed E-state index contributed by atoms with van der Waals surface area (Å²) in [7, 11) is -9.52. The van der Waals surface area contributed by atoms with E-state index in [9.17, 15) is 29.5 Å². The molecule has 1 saturated heterocycles. The minimum atomic E-state index is -4.83. The first kappa shape index (κ1) is 26.1. The van der Waals surface area contributed by atoms with Gasteiger partial charge in [0.15, 0.2) is 17.8 Å². The molecule has 0 aromatic carbocycles. The molecular weight excluding hydrogens is 538 g/mol. The van der Waals surface area contributed by atoms with E-state index in [0.717, 1.165) is 12.8 Å². The number of hydrogen-bond donors (Lipinski definition) is 6. The molecule has 1 unspecified atom stereocenters. The average molecular weight is 563 g/mol. The zero-order valence-corrected chi connectivity index (χ0v) is 21.3. The number of rotatable bonds is 8. The molecule has 1 spiro atoms. The van der Waals surface area contributed by atoms with E-state index in [-0.39, 0.29) is 22.4 Å². The Labute approximate surface area is 210 Å². The number of nitriles is 1. The molecule has 196 valence electrons. The fourth-order valence-electron chi connectivity index (χ4n) is 5.00. The van der Waals surface area contributed by atoms with Crippen LogP contribution in [0.4, 0.5) is 5.69 Å². The standard InChI is InChI=1S/C20H25ClN4O9P2/c21-14-12(7-22)24-18-11(15(14)23-10-5-20(6-10)2-3-20)1-4-25(18)19-17(27)16(26)13(34-19)8-33-36(31,32)9-35(28,29)30/h1,4,10,13,16-17,19,26-27H,2-3,5-6,8-9H2,(H,23,24)(H,31,32)(H2,28,29,30)/t13-,16-,17-,19-/m1/s1. The number of pyridine rings is 1. The molecular formula is C20H25ClN4O9P2. The molecule has 2 aromatic heterocycles. The van der Waals surface area contributed by atoms with Crippen LogP contribution < -0.4 is 5.32 Å². The van der Waals surface area contributed by atoms with E-state index in [4.69, 9.17) is 30.6 Å². The fraction of sp³-hybridized carbons (Fsp3) is 0.600. The maximum Gasteiger partial charge on any atom is 0.340 e. The number of nitrogens with one attached hydrogen (secondary N) is 1. The topological polar surface area (TPSA) is 207 Å². The van der Waals surface area contributed by atoms with Crippen molar-refractivity contribution in [2.24, 2.45) is 5.41 Å². The van der Waals surface area contributed by atoms with Gasteiger partial charge in [-0.15, -0.1) is 0 Å². The summed E-state index contributed by atoms with van der Waals surface area (Å²) >= 11 is 6.47. The normalized spacial score (nSPS) is 29.1. The van der Waals surface area contributed by atoms with Crippen LogP contribution in [0.5, 0.6) is 0 Å². The third-order valence-corrected chi connectivity index (χ3v) is 10.8. The molecule has 2 aliphatic carbocycles. The molecule has 36 heavy (non-hydrogen) atoms. The maximum absolute atomic E-state index is 11.9. The van der Waals surface area contributed by atoms with Crippen molar-refractivity contribution < 1.29 is 43.3 Å². The molecule has 5 rings (SSSR count). The molecule has 3 fully saturated rings. The second kappa shape index (κ2) is 9.03. The molecule has 13 nitrogen and oxygen atoms in total. The third-order valence-electron chi connectivity index (χ3n) is 6.99. The van der Waals surface area contributed by atoms with Gasteiger partial charge in [-0.1, -0.05) is 11.6 Å². The second-order valence-electron chi connectivity index (χ2n) is 9.76. The summed E-state index contributed by atoms with van der Waals surface area (Å²) in [5.74, 6) is -1.39. The molecule has 2 saturated carbocycles. The Morgan fingerprint density at radius 3 is 2.58 bits per heavy atom. The van der Waals surface area contributed by atoms with Gasteiger partial charge in [0.2, 0.25) is 0 Å². The van der Waals surface area contributed by atoms with Gasteiger partial charge < -0.3 is 44.0 Å². The Bertz CT molecular complexity index is 1330. The number of hydrogen-bond acceptors (Lipinski definition) is 9. The molecule has 2 aromatic rings. The van der Waals surface area contributed by atoms with Gasteiger partial charge >= 0.3 is 15.2 Å². The predicted molar refractivity (Wildman–Crippen MR) is 126 cm³/mol. The Hall–Kier alpha value is -1.55. The molecule has 0 bridgehead atoms. The highest BCUT2D eigenvalue weighted by Gasteiger charge is 2.53. The monoisotopic (exact) mass is 562 g/mol. The van der Waals surface area contributed by atoms with E-state index in [1.54, 1.807) is 12.3 Å². The summed E-state index contributed by atoms with van der Waals surface area (Å²) in [6.45, 7) is -0.708. The lowest BCUT2D eigenvalue weighted by atomic mass is 9.77. The largest absolute Gasteiger partial charge is 0.387 e. The van der Waals surface area contributed by atoms with Gasteiger partial charge in [-0.05, 0) is 37.2 Å². The van der Waals surface area contributed by atoms with Crippen LogP contribution in [0.15, 0.2) is 12.3 Å². The van der Waals surface area contributed by atoms with Crippen molar-refractivity contribution in [3.05, 3.63) is 23.0 Å². The van der Waals surface area contributed by atoms with Gasteiger partial charge in [0.1, 0.15) is 35.1 Å². The van der Waals surface area contributed by atoms with Crippen molar-refractivity contribution >= 4 is 43.5 Å². The van der Waals surface area contributed by atoms with Crippen LogP contribution in [0.3, 0.4) is 0 Å². The lowest BCUT2D eigenvalue weighted by Gasteiger charge is -2.37. The highest BCUT2D eigenvalue weighted by molar-refractivity contribution is 7.70. The Balaban J connectivity index is 1.38. The van der Waals surface area contributed by atoms with Gasteiger partial charge in [-0.2, -0.15) is 5.26 Å². The lowest BCUT2D eigenvalue weighted by Crippen LogP contribution is -2.36. The molecule has 3 heterocycles. The molecule has 16 heteroatoms. The van der Waals surface area contributed by atoms with Gasteiger partial charge in [0.05, 0.1) is 12.3 Å². The van der Waals surface area contributed by atoms with E-state index in [2.05, 4.69) is 10.3 Å². The number of anilines is 1. The van der Waals surface area contributed by atoms with Crippen LogP contribution in [0.2, 0.25) is 5.02 Å². The van der Waals surface area contributed by atoms with Crippen molar-refractivity contribution in [1.82, 2.24) is 9.55 Å². The van der Waals surface area contributed by atoms with Gasteiger partial charge in [0.25, 0.3) is 0 Å². The summed E-state index contributed by atoms with van der Waals surface area (Å²) < 4.78 is 34.8. The highest BCUT2D eigenvalue weighted by Crippen LogP contribution is 2.61. The second-order valence-corrected chi connectivity index (χ2v) is 14.1.